The van der Waals surface area contributed by atoms with E-state index < -0.39 is 0 Å². The number of aryl methyl sites for hydroxylation is 1. The van der Waals surface area contributed by atoms with Crippen LogP contribution in [0.15, 0.2) is 30.5 Å². The van der Waals surface area contributed by atoms with Gasteiger partial charge in [0.05, 0.1) is 12.9 Å². The molecule has 0 amide bonds. The van der Waals surface area contributed by atoms with Crippen LogP contribution in [-0.2, 0) is 11.2 Å². The molecule has 0 radical (unpaired) electrons. The van der Waals surface area contributed by atoms with Crippen molar-refractivity contribution in [1.82, 2.24) is 4.90 Å². The summed E-state index contributed by atoms with van der Waals surface area (Å²) in [5.41, 5.74) is 2.78. The van der Waals surface area contributed by atoms with Crippen LogP contribution in [0.25, 0.3) is 6.08 Å². The third kappa shape index (κ3) is 14.2. The predicted octanol–water partition coefficient (Wildman–Crippen LogP) is 6.73. The lowest BCUT2D eigenvalue weighted by atomic mass is 10.00. The minimum absolute atomic E-state index is 0. The molecule has 0 bridgehead atoms. The Balaban J connectivity index is 0.00000113. The molecule has 1 aromatic carbocycles. The normalized spacial score (nSPS) is 16.9. The summed E-state index contributed by atoms with van der Waals surface area (Å²) >= 11 is 0. The van der Waals surface area contributed by atoms with Gasteiger partial charge in [-0.1, -0.05) is 75.6 Å². The Labute approximate surface area is 168 Å². The maximum absolute atomic E-state index is 5.64. The highest BCUT2D eigenvalue weighted by Crippen LogP contribution is 2.16. The van der Waals surface area contributed by atoms with Gasteiger partial charge in [-0.05, 0) is 57.6 Å². The van der Waals surface area contributed by atoms with E-state index in [1.807, 2.05) is 32.3 Å². The van der Waals surface area contributed by atoms with Crippen molar-refractivity contribution in [3.05, 3.63) is 41.7 Å². The van der Waals surface area contributed by atoms with Gasteiger partial charge in [-0.2, -0.15) is 0 Å². The summed E-state index contributed by atoms with van der Waals surface area (Å²) in [6.07, 6.45) is 18.8. The summed E-state index contributed by atoms with van der Waals surface area (Å²) in [5.74, 6) is 0. The molecular formula is C23H40ClNO. The number of benzene rings is 1. The number of fused-ring (bicyclic) bond motifs is 1. The molecule has 0 spiro atoms. The fourth-order valence-electron chi connectivity index (χ4n) is 3.03. The van der Waals surface area contributed by atoms with Crippen LogP contribution < -0.4 is 0 Å². The van der Waals surface area contributed by atoms with Crippen molar-refractivity contribution in [1.29, 1.82) is 0 Å². The van der Waals surface area contributed by atoms with Crippen molar-refractivity contribution in [2.75, 3.05) is 27.7 Å². The van der Waals surface area contributed by atoms with Gasteiger partial charge in [-0.3, -0.25) is 0 Å². The van der Waals surface area contributed by atoms with Crippen LogP contribution in [0.4, 0.5) is 0 Å². The van der Waals surface area contributed by atoms with Crippen LogP contribution in [0.1, 0.15) is 75.3 Å². The third-order valence-electron chi connectivity index (χ3n) is 4.36. The summed E-state index contributed by atoms with van der Waals surface area (Å²) < 4.78 is 5.64. The van der Waals surface area contributed by atoms with Crippen molar-refractivity contribution in [3.63, 3.8) is 0 Å². The van der Waals surface area contributed by atoms with Crippen LogP contribution >= 0.6 is 12.4 Å². The minimum Gasteiger partial charge on any atom is -0.501 e. The van der Waals surface area contributed by atoms with Crippen LogP contribution in [0.2, 0.25) is 0 Å². The zero-order valence-electron chi connectivity index (χ0n) is 17.2. The van der Waals surface area contributed by atoms with E-state index in [4.69, 9.17) is 4.74 Å². The Hall–Kier alpha value is -0.990. The molecular weight excluding hydrogens is 342 g/mol. The van der Waals surface area contributed by atoms with E-state index in [2.05, 4.69) is 30.3 Å². The minimum atomic E-state index is 0. The highest BCUT2D eigenvalue weighted by molar-refractivity contribution is 5.85. The fraction of sp³-hybridized carbons (Fsp3) is 0.652. The van der Waals surface area contributed by atoms with Crippen LogP contribution in [-0.4, -0.2) is 32.6 Å². The topological polar surface area (TPSA) is 12.5 Å². The van der Waals surface area contributed by atoms with Crippen LogP contribution in [0, 0.1) is 0 Å². The summed E-state index contributed by atoms with van der Waals surface area (Å²) in [4.78, 5) is 2.00. The Morgan fingerprint density at radius 2 is 1.23 bits per heavy atom. The molecule has 0 aromatic heterocycles. The van der Waals surface area contributed by atoms with Gasteiger partial charge < -0.3 is 9.64 Å². The van der Waals surface area contributed by atoms with E-state index in [1.54, 1.807) is 0 Å². The molecule has 0 atom stereocenters. The molecule has 1 heterocycles. The Bertz CT molecular complexity index is 457. The van der Waals surface area contributed by atoms with Gasteiger partial charge >= 0.3 is 0 Å². The van der Waals surface area contributed by atoms with Gasteiger partial charge in [0.1, 0.15) is 0 Å². The number of halogens is 1. The molecule has 1 aromatic rings. The Kier molecular flexibility index (Phi) is 16.8. The van der Waals surface area contributed by atoms with Gasteiger partial charge in [0, 0.05) is 0 Å². The molecule has 0 aliphatic carbocycles. The summed E-state index contributed by atoms with van der Waals surface area (Å²) in [5, 5.41) is 0. The first kappa shape index (κ1) is 25.0. The van der Waals surface area contributed by atoms with Crippen molar-refractivity contribution in [2.45, 2.75) is 70.6 Å². The van der Waals surface area contributed by atoms with Crippen molar-refractivity contribution >= 4 is 18.5 Å². The second-order valence-electron chi connectivity index (χ2n) is 7.50. The Morgan fingerprint density at radius 3 is 1.85 bits per heavy atom. The lowest BCUT2D eigenvalue weighted by Crippen LogP contribution is -1.99. The Morgan fingerprint density at radius 1 is 0.731 bits per heavy atom. The molecule has 26 heavy (non-hydrogen) atoms. The first-order chi connectivity index (χ1) is 12.2. The second kappa shape index (κ2) is 17.4. The van der Waals surface area contributed by atoms with Gasteiger partial charge in [-0.15, -0.1) is 12.4 Å². The maximum Gasteiger partial charge on any atom is 0.0873 e. The molecule has 2 nitrogen and oxygen atoms in total. The first-order valence-electron chi connectivity index (χ1n) is 10.2. The highest BCUT2D eigenvalue weighted by Gasteiger charge is 2.00. The number of ether oxygens (including phenoxy) is 1. The van der Waals surface area contributed by atoms with E-state index >= 15 is 0 Å². The molecule has 2 rings (SSSR count). The van der Waals surface area contributed by atoms with Gasteiger partial charge in [-0.25, -0.2) is 0 Å². The molecule has 3 heteroatoms. The quantitative estimate of drug-likeness (QED) is 0.493. The molecule has 0 N–H and O–H groups in total. The first-order valence-corrected chi connectivity index (χ1v) is 10.2. The molecule has 1 aliphatic rings. The molecule has 0 fully saturated rings. The molecule has 0 saturated carbocycles. The largest absolute Gasteiger partial charge is 0.501 e. The van der Waals surface area contributed by atoms with Gasteiger partial charge in [0.2, 0.25) is 0 Å². The summed E-state index contributed by atoms with van der Waals surface area (Å²) in [7, 11) is 6.00. The monoisotopic (exact) mass is 381 g/mol. The van der Waals surface area contributed by atoms with Crippen LogP contribution in [0.3, 0.4) is 0 Å². The fourth-order valence-corrected chi connectivity index (χ4v) is 3.03. The summed E-state index contributed by atoms with van der Waals surface area (Å²) in [6, 6.07) is 8.72. The van der Waals surface area contributed by atoms with E-state index in [0.717, 1.165) is 6.61 Å². The lowest BCUT2D eigenvalue weighted by Gasteiger charge is -2.06. The van der Waals surface area contributed by atoms with E-state index in [1.165, 1.54) is 81.8 Å². The number of hydrogen-bond acceptors (Lipinski definition) is 2. The zero-order valence-corrected chi connectivity index (χ0v) is 18.0. The second-order valence-corrected chi connectivity index (χ2v) is 7.50. The lowest BCUT2D eigenvalue weighted by molar-refractivity contribution is 0.243. The number of rotatable bonds is 0. The molecule has 0 unspecified atom stereocenters. The predicted molar refractivity (Wildman–Crippen MR) is 118 cm³/mol. The number of hydrogen-bond donors (Lipinski definition) is 0. The van der Waals surface area contributed by atoms with E-state index in [9.17, 15) is 0 Å². The van der Waals surface area contributed by atoms with Gasteiger partial charge in [0.15, 0.2) is 0 Å². The average molecular weight is 382 g/mol. The van der Waals surface area contributed by atoms with Crippen molar-refractivity contribution in [2.24, 2.45) is 0 Å². The SMILES string of the molecule is C1=Cc2ccccc2CCCCCCCCCCCCO1.CN(C)C.Cl. The smallest absolute Gasteiger partial charge is 0.0873 e. The standard InChI is InChI=1S/C20H30O.C3H9N.ClH/c1-2-4-6-8-12-17-21-18-16-20-15-11-10-14-19(20)13-9-7-5-3-1;1-4(2)3;/h10-11,14-16,18H,1-9,12-13,17H2;1-3H3;1H. The van der Waals surface area contributed by atoms with E-state index in [-0.39, 0.29) is 12.4 Å². The summed E-state index contributed by atoms with van der Waals surface area (Å²) in [6.45, 7) is 0.860. The average Bonchev–Trinajstić information content (AvgIpc) is 2.58. The molecule has 150 valence electrons. The van der Waals surface area contributed by atoms with Crippen LogP contribution in [0.5, 0.6) is 0 Å². The highest BCUT2D eigenvalue weighted by atomic mass is 35.5. The van der Waals surface area contributed by atoms with Crippen molar-refractivity contribution < 1.29 is 4.74 Å². The maximum atomic E-state index is 5.64. The molecule has 1 aliphatic heterocycles. The van der Waals surface area contributed by atoms with Gasteiger partial charge in [0.25, 0.3) is 0 Å². The number of nitrogens with zero attached hydrogens (tertiary/aromatic N) is 1. The molecule has 0 saturated heterocycles. The third-order valence-corrected chi connectivity index (χ3v) is 4.36. The van der Waals surface area contributed by atoms with Crippen molar-refractivity contribution in [3.8, 4) is 0 Å². The van der Waals surface area contributed by atoms with E-state index in [0.29, 0.717) is 0 Å². The zero-order chi connectivity index (χ0) is 18.2.